The molecule has 0 unspecified atom stereocenters. The molecule has 1 heterocycles. The maximum Gasteiger partial charge on any atom is 0.251 e. The molecule has 0 aromatic carbocycles. The second-order valence-electron chi connectivity index (χ2n) is 5.63. The first-order chi connectivity index (χ1) is 9.50. The second kappa shape index (κ2) is 6.39. The second-order valence-corrected chi connectivity index (χ2v) is 6.74. The molecule has 3 N–H and O–H groups in total. The quantitative estimate of drug-likeness (QED) is 0.899. The Balaban J connectivity index is 2.38. The molecule has 2 rings (SSSR count). The fourth-order valence-corrected chi connectivity index (χ4v) is 3.82. The van der Waals surface area contributed by atoms with Crippen LogP contribution in [0.1, 0.15) is 60.3 Å². The third-order valence-corrected chi connectivity index (χ3v) is 4.89. The topological polar surface area (TPSA) is 72.2 Å². The molecule has 20 heavy (non-hydrogen) atoms. The van der Waals surface area contributed by atoms with Crippen molar-refractivity contribution in [1.82, 2.24) is 0 Å². The van der Waals surface area contributed by atoms with E-state index in [1.54, 1.807) is 0 Å². The van der Waals surface area contributed by atoms with Crippen molar-refractivity contribution in [1.29, 1.82) is 0 Å². The number of nitrogens with one attached hydrogen (secondary N) is 1. The van der Waals surface area contributed by atoms with Crippen molar-refractivity contribution in [3.63, 3.8) is 0 Å². The van der Waals surface area contributed by atoms with Gasteiger partial charge in [-0.1, -0.05) is 26.7 Å². The van der Waals surface area contributed by atoms with Crippen molar-refractivity contribution in [2.24, 2.45) is 11.7 Å². The van der Waals surface area contributed by atoms with Crippen LogP contribution in [0.5, 0.6) is 0 Å². The first kappa shape index (κ1) is 15.0. The van der Waals surface area contributed by atoms with Gasteiger partial charge in [0.15, 0.2) is 0 Å². The Kier molecular flexibility index (Phi) is 4.81. The summed E-state index contributed by atoms with van der Waals surface area (Å²) in [7, 11) is 0. The minimum atomic E-state index is -0.429. The van der Waals surface area contributed by atoms with Gasteiger partial charge in [0.2, 0.25) is 5.91 Å². The number of nitrogens with two attached hydrogens (primary N) is 1. The number of hydrogen-bond donors (Lipinski definition) is 2. The van der Waals surface area contributed by atoms with Crippen molar-refractivity contribution in [2.45, 2.75) is 52.4 Å². The highest BCUT2D eigenvalue weighted by Gasteiger charge is 2.24. The smallest absolute Gasteiger partial charge is 0.251 e. The van der Waals surface area contributed by atoms with E-state index < -0.39 is 5.91 Å². The van der Waals surface area contributed by atoms with Gasteiger partial charge < -0.3 is 11.1 Å². The zero-order valence-corrected chi connectivity index (χ0v) is 12.9. The summed E-state index contributed by atoms with van der Waals surface area (Å²) in [5, 5.41) is 3.51. The van der Waals surface area contributed by atoms with E-state index in [9.17, 15) is 9.59 Å². The van der Waals surface area contributed by atoms with E-state index in [0.29, 0.717) is 10.6 Å². The number of rotatable bonds is 3. The van der Waals surface area contributed by atoms with Crippen LogP contribution in [0, 0.1) is 5.92 Å². The summed E-state index contributed by atoms with van der Waals surface area (Å²) in [6, 6.07) is 0. The normalized spacial score (nSPS) is 15.3. The molecule has 1 aliphatic carbocycles. The standard InChI is InChI=1S/C15H22N2O2S/c1-9(2)14(19)17-15-12(13(16)18)10-7-5-3-4-6-8-11(10)20-15/h9H,3-8H2,1-2H3,(H2,16,18)(H,17,19). The fraction of sp³-hybridized carbons (Fsp3) is 0.600. The predicted molar refractivity (Wildman–Crippen MR) is 82.2 cm³/mol. The van der Waals surface area contributed by atoms with Crippen LogP contribution in [0.25, 0.3) is 0 Å². The van der Waals surface area contributed by atoms with Crippen molar-refractivity contribution < 1.29 is 9.59 Å². The number of carbonyl (C=O) groups is 2. The third-order valence-electron chi connectivity index (χ3n) is 3.68. The zero-order chi connectivity index (χ0) is 14.7. The van der Waals surface area contributed by atoms with E-state index in [0.717, 1.165) is 31.2 Å². The zero-order valence-electron chi connectivity index (χ0n) is 12.1. The van der Waals surface area contributed by atoms with Gasteiger partial charge in [-0.05, 0) is 31.2 Å². The summed E-state index contributed by atoms with van der Waals surface area (Å²) in [5.74, 6) is -0.607. The summed E-state index contributed by atoms with van der Waals surface area (Å²) < 4.78 is 0. The number of thiophene rings is 1. The first-order valence-electron chi connectivity index (χ1n) is 7.26. The van der Waals surface area contributed by atoms with Crippen molar-refractivity contribution in [3.8, 4) is 0 Å². The molecule has 5 heteroatoms. The molecule has 0 spiro atoms. The molecule has 4 nitrogen and oxygen atoms in total. The van der Waals surface area contributed by atoms with Crippen LogP contribution in [0.3, 0.4) is 0 Å². The lowest BCUT2D eigenvalue weighted by molar-refractivity contribution is -0.118. The molecule has 0 radical (unpaired) electrons. The van der Waals surface area contributed by atoms with Crippen LogP contribution in [0.2, 0.25) is 0 Å². The van der Waals surface area contributed by atoms with Crippen LogP contribution in [0.4, 0.5) is 5.00 Å². The molecular formula is C15H22N2O2S. The number of anilines is 1. The SMILES string of the molecule is CC(C)C(=O)Nc1sc2c(c1C(N)=O)CCCCCC2. The largest absolute Gasteiger partial charge is 0.365 e. The predicted octanol–water partition coefficient (Wildman–Crippen LogP) is 3.10. The number of aryl methyl sites for hydroxylation is 1. The van der Waals surface area contributed by atoms with E-state index >= 15 is 0 Å². The molecule has 0 aliphatic heterocycles. The summed E-state index contributed by atoms with van der Waals surface area (Å²) in [6.45, 7) is 3.67. The highest BCUT2D eigenvalue weighted by Crippen LogP contribution is 2.37. The number of fused-ring (bicyclic) bond motifs is 1. The Hall–Kier alpha value is -1.36. The lowest BCUT2D eigenvalue weighted by Gasteiger charge is -2.10. The highest BCUT2D eigenvalue weighted by molar-refractivity contribution is 7.17. The Morgan fingerprint density at radius 1 is 1.15 bits per heavy atom. The van der Waals surface area contributed by atoms with Crippen LogP contribution in [-0.2, 0) is 17.6 Å². The lowest BCUT2D eigenvalue weighted by Crippen LogP contribution is -2.21. The van der Waals surface area contributed by atoms with Crippen LogP contribution in [-0.4, -0.2) is 11.8 Å². The van der Waals surface area contributed by atoms with Gasteiger partial charge in [0, 0.05) is 10.8 Å². The van der Waals surface area contributed by atoms with Gasteiger partial charge in [-0.2, -0.15) is 0 Å². The lowest BCUT2D eigenvalue weighted by atomic mass is 9.96. The summed E-state index contributed by atoms with van der Waals surface area (Å²) in [5.41, 5.74) is 7.15. The van der Waals surface area contributed by atoms with E-state index in [2.05, 4.69) is 5.32 Å². The molecule has 0 saturated heterocycles. The summed E-state index contributed by atoms with van der Waals surface area (Å²) >= 11 is 1.53. The molecule has 0 bridgehead atoms. The Morgan fingerprint density at radius 2 is 1.80 bits per heavy atom. The molecule has 1 aliphatic rings. The molecule has 0 atom stereocenters. The maximum atomic E-state index is 11.9. The van der Waals surface area contributed by atoms with Gasteiger partial charge >= 0.3 is 0 Å². The van der Waals surface area contributed by atoms with E-state index in [1.165, 1.54) is 29.1 Å². The molecule has 110 valence electrons. The average Bonchev–Trinajstić information content (AvgIpc) is 2.66. The maximum absolute atomic E-state index is 11.9. The minimum Gasteiger partial charge on any atom is -0.365 e. The summed E-state index contributed by atoms with van der Waals surface area (Å²) in [4.78, 5) is 24.9. The van der Waals surface area contributed by atoms with Crippen molar-refractivity contribution in [2.75, 3.05) is 5.32 Å². The molecule has 2 amide bonds. The highest BCUT2D eigenvalue weighted by atomic mass is 32.1. The monoisotopic (exact) mass is 294 g/mol. The van der Waals surface area contributed by atoms with E-state index in [4.69, 9.17) is 5.73 Å². The Bertz CT molecular complexity index is 520. The summed E-state index contributed by atoms with van der Waals surface area (Å²) in [6.07, 6.45) is 6.53. The minimum absolute atomic E-state index is 0.0679. The molecule has 1 aromatic rings. The van der Waals surface area contributed by atoms with Gasteiger partial charge in [0.25, 0.3) is 5.91 Å². The van der Waals surface area contributed by atoms with Crippen molar-refractivity contribution >= 4 is 28.2 Å². The molecule has 0 saturated carbocycles. The van der Waals surface area contributed by atoms with Crippen LogP contribution >= 0.6 is 11.3 Å². The Morgan fingerprint density at radius 3 is 2.40 bits per heavy atom. The average molecular weight is 294 g/mol. The number of carbonyl (C=O) groups excluding carboxylic acids is 2. The van der Waals surface area contributed by atoms with Gasteiger partial charge in [-0.15, -0.1) is 11.3 Å². The molecule has 1 aromatic heterocycles. The third kappa shape index (κ3) is 3.20. The van der Waals surface area contributed by atoms with Gasteiger partial charge in [0.05, 0.1) is 5.56 Å². The molecule has 0 fully saturated rings. The van der Waals surface area contributed by atoms with Crippen LogP contribution in [0.15, 0.2) is 0 Å². The first-order valence-corrected chi connectivity index (χ1v) is 8.07. The number of amides is 2. The van der Waals surface area contributed by atoms with Gasteiger partial charge in [-0.3, -0.25) is 9.59 Å². The fourth-order valence-electron chi connectivity index (χ4n) is 2.52. The van der Waals surface area contributed by atoms with E-state index in [-0.39, 0.29) is 11.8 Å². The van der Waals surface area contributed by atoms with Gasteiger partial charge in [0.1, 0.15) is 5.00 Å². The van der Waals surface area contributed by atoms with Gasteiger partial charge in [-0.25, -0.2) is 0 Å². The van der Waals surface area contributed by atoms with Crippen molar-refractivity contribution in [3.05, 3.63) is 16.0 Å². The van der Waals surface area contributed by atoms with E-state index in [1.807, 2.05) is 13.8 Å². The van der Waals surface area contributed by atoms with Crippen LogP contribution < -0.4 is 11.1 Å². The Labute approximate surface area is 123 Å². The molecular weight excluding hydrogens is 272 g/mol. The number of primary amides is 1. The number of hydrogen-bond acceptors (Lipinski definition) is 3.